The van der Waals surface area contributed by atoms with Gasteiger partial charge in [0.1, 0.15) is 5.75 Å². The van der Waals surface area contributed by atoms with Crippen LogP contribution in [0.1, 0.15) is 44.1 Å². The van der Waals surface area contributed by atoms with Gasteiger partial charge < -0.3 is 15.4 Å². The van der Waals surface area contributed by atoms with Gasteiger partial charge in [-0.1, -0.05) is 25.0 Å². The fourth-order valence-corrected chi connectivity index (χ4v) is 3.22. The van der Waals surface area contributed by atoms with Gasteiger partial charge in [-0.15, -0.1) is 0 Å². The smallest absolute Gasteiger partial charge is 0.315 e. The average molecular weight is 288 g/mol. The van der Waals surface area contributed by atoms with Crippen molar-refractivity contribution in [1.82, 2.24) is 10.6 Å². The largest absolute Gasteiger partial charge is 0.497 e. The number of amides is 2. The predicted octanol–water partition coefficient (Wildman–Crippen LogP) is 2.97. The van der Waals surface area contributed by atoms with Crippen LogP contribution in [-0.4, -0.2) is 25.7 Å². The Kier molecular flexibility index (Phi) is 4.04. The predicted molar refractivity (Wildman–Crippen MR) is 82.7 cm³/mol. The molecule has 4 heteroatoms. The van der Waals surface area contributed by atoms with E-state index in [-0.39, 0.29) is 11.4 Å². The van der Waals surface area contributed by atoms with E-state index in [4.69, 9.17) is 4.74 Å². The van der Waals surface area contributed by atoms with Crippen LogP contribution in [0.3, 0.4) is 0 Å². The van der Waals surface area contributed by atoms with E-state index in [0.29, 0.717) is 6.04 Å². The molecule has 0 spiro atoms. The van der Waals surface area contributed by atoms with Gasteiger partial charge in [0.05, 0.1) is 7.11 Å². The van der Waals surface area contributed by atoms with Gasteiger partial charge in [-0.2, -0.15) is 0 Å². The van der Waals surface area contributed by atoms with Gasteiger partial charge in [0.25, 0.3) is 0 Å². The zero-order valence-electron chi connectivity index (χ0n) is 12.7. The molecule has 4 nitrogen and oxygen atoms in total. The van der Waals surface area contributed by atoms with E-state index in [2.05, 4.69) is 22.8 Å². The van der Waals surface area contributed by atoms with Crippen molar-refractivity contribution in [2.75, 3.05) is 13.7 Å². The standard InChI is InChI=1S/C17H24N2O2/c1-21-15-8-6-13(7-9-15)17(10-11-17)12-18-16(20)19-14-4-2-3-5-14/h6-9,14H,2-5,10-12H2,1H3,(H2,18,19,20). The van der Waals surface area contributed by atoms with Crippen molar-refractivity contribution in [3.05, 3.63) is 29.8 Å². The van der Waals surface area contributed by atoms with E-state index in [9.17, 15) is 4.79 Å². The maximum atomic E-state index is 12.0. The monoisotopic (exact) mass is 288 g/mol. The van der Waals surface area contributed by atoms with E-state index < -0.39 is 0 Å². The number of rotatable bonds is 5. The number of benzene rings is 1. The fraction of sp³-hybridized carbons (Fsp3) is 0.588. The van der Waals surface area contributed by atoms with Crippen LogP contribution in [0.15, 0.2) is 24.3 Å². The van der Waals surface area contributed by atoms with E-state index in [1.54, 1.807) is 7.11 Å². The Morgan fingerprint density at radius 1 is 1.24 bits per heavy atom. The van der Waals surface area contributed by atoms with E-state index in [0.717, 1.165) is 38.0 Å². The summed E-state index contributed by atoms with van der Waals surface area (Å²) >= 11 is 0. The minimum Gasteiger partial charge on any atom is -0.497 e. The van der Waals surface area contributed by atoms with Crippen LogP contribution in [0.25, 0.3) is 0 Å². The minimum atomic E-state index is -0.0123. The molecule has 0 atom stereocenters. The molecule has 3 rings (SSSR count). The third kappa shape index (κ3) is 3.31. The number of hydrogen-bond acceptors (Lipinski definition) is 2. The summed E-state index contributed by atoms with van der Waals surface area (Å²) in [6.07, 6.45) is 7.00. The first-order valence-electron chi connectivity index (χ1n) is 7.91. The highest BCUT2D eigenvalue weighted by molar-refractivity contribution is 5.74. The highest BCUT2D eigenvalue weighted by Crippen LogP contribution is 2.47. The van der Waals surface area contributed by atoms with E-state index in [1.807, 2.05) is 12.1 Å². The van der Waals surface area contributed by atoms with E-state index >= 15 is 0 Å². The quantitative estimate of drug-likeness (QED) is 0.875. The molecule has 21 heavy (non-hydrogen) atoms. The Hall–Kier alpha value is -1.71. The van der Waals surface area contributed by atoms with Crippen LogP contribution in [0.2, 0.25) is 0 Å². The van der Waals surface area contributed by atoms with E-state index in [1.165, 1.54) is 18.4 Å². The molecule has 2 fully saturated rings. The van der Waals surface area contributed by atoms with Crippen LogP contribution >= 0.6 is 0 Å². The Bertz CT molecular complexity index is 488. The van der Waals surface area contributed by atoms with Gasteiger partial charge in [-0.05, 0) is 43.4 Å². The molecule has 0 aromatic heterocycles. The summed E-state index contributed by atoms with van der Waals surface area (Å²) in [7, 11) is 1.68. The van der Waals surface area contributed by atoms with Crippen molar-refractivity contribution in [2.45, 2.75) is 50.0 Å². The highest BCUT2D eigenvalue weighted by atomic mass is 16.5. The van der Waals surface area contributed by atoms with Crippen molar-refractivity contribution < 1.29 is 9.53 Å². The maximum absolute atomic E-state index is 12.0. The summed E-state index contributed by atoms with van der Waals surface area (Å²) in [5.74, 6) is 0.876. The lowest BCUT2D eigenvalue weighted by molar-refractivity contribution is 0.236. The molecule has 1 aromatic rings. The molecule has 2 aliphatic carbocycles. The number of methoxy groups -OCH3 is 1. The van der Waals surface area contributed by atoms with Gasteiger partial charge in [-0.3, -0.25) is 0 Å². The second-order valence-corrected chi connectivity index (χ2v) is 6.32. The number of nitrogens with one attached hydrogen (secondary N) is 2. The first kappa shape index (κ1) is 14.2. The Balaban J connectivity index is 1.52. The van der Waals surface area contributed by atoms with Crippen LogP contribution in [-0.2, 0) is 5.41 Å². The van der Waals surface area contributed by atoms with Crippen LogP contribution in [0.4, 0.5) is 4.79 Å². The molecule has 0 radical (unpaired) electrons. The third-order valence-corrected chi connectivity index (χ3v) is 4.83. The zero-order valence-corrected chi connectivity index (χ0v) is 12.7. The SMILES string of the molecule is COc1ccc(C2(CNC(=O)NC3CCCC3)CC2)cc1. The minimum absolute atomic E-state index is 0.0123. The fourth-order valence-electron chi connectivity index (χ4n) is 3.22. The average Bonchev–Trinajstić information content (AvgIpc) is 3.14. The molecule has 2 aliphatic rings. The molecule has 0 aliphatic heterocycles. The number of carbonyl (C=O) groups is 1. The number of carbonyl (C=O) groups excluding carboxylic acids is 1. The second-order valence-electron chi connectivity index (χ2n) is 6.32. The summed E-state index contributed by atoms with van der Waals surface area (Å²) in [5, 5.41) is 6.14. The van der Waals surface area contributed by atoms with Crippen molar-refractivity contribution >= 4 is 6.03 Å². The molecular formula is C17H24N2O2. The van der Waals surface area contributed by atoms with Crippen molar-refractivity contribution in [3.63, 3.8) is 0 Å². The van der Waals surface area contributed by atoms with Crippen LogP contribution < -0.4 is 15.4 Å². The Morgan fingerprint density at radius 2 is 1.90 bits per heavy atom. The number of urea groups is 1. The van der Waals surface area contributed by atoms with Crippen LogP contribution in [0.5, 0.6) is 5.75 Å². The molecule has 0 bridgehead atoms. The molecule has 2 saturated carbocycles. The topological polar surface area (TPSA) is 50.4 Å². The van der Waals surface area contributed by atoms with Gasteiger partial charge in [0.2, 0.25) is 0 Å². The summed E-state index contributed by atoms with van der Waals surface area (Å²) in [6.45, 7) is 0.720. The molecule has 0 unspecified atom stereocenters. The summed E-state index contributed by atoms with van der Waals surface area (Å²) in [5.41, 5.74) is 1.43. The highest BCUT2D eigenvalue weighted by Gasteiger charge is 2.44. The van der Waals surface area contributed by atoms with Crippen molar-refractivity contribution in [3.8, 4) is 5.75 Å². The first-order valence-corrected chi connectivity index (χ1v) is 7.91. The molecule has 2 amide bonds. The van der Waals surface area contributed by atoms with Gasteiger partial charge in [0, 0.05) is 18.0 Å². The molecule has 0 heterocycles. The lowest BCUT2D eigenvalue weighted by atomic mass is 9.96. The summed E-state index contributed by atoms with van der Waals surface area (Å²) in [4.78, 5) is 12.0. The lowest BCUT2D eigenvalue weighted by Gasteiger charge is -2.19. The molecule has 114 valence electrons. The molecular weight excluding hydrogens is 264 g/mol. The first-order chi connectivity index (χ1) is 10.2. The Morgan fingerprint density at radius 3 is 2.48 bits per heavy atom. The molecule has 2 N–H and O–H groups in total. The van der Waals surface area contributed by atoms with Gasteiger partial charge in [-0.25, -0.2) is 4.79 Å². The Labute approximate surface area is 126 Å². The van der Waals surface area contributed by atoms with Gasteiger partial charge >= 0.3 is 6.03 Å². The van der Waals surface area contributed by atoms with Gasteiger partial charge in [0.15, 0.2) is 0 Å². The maximum Gasteiger partial charge on any atom is 0.315 e. The van der Waals surface area contributed by atoms with Crippen LogP contribution in [0, 0.1) is 0 Å². The van der Waals surface area contributed by atoms with Crippen molar-refractivity contribution in [1.29, 1.82) is 0 Å². The summed E-state index contributed by atoms with van der Waals surface area (Å²) < 4.78 is 5.20. The lowest BCUT2D eigenvalue weighted by Crippen LogP contribution is -2.43. The summed E-state index contributed by atoms with van der Waals surface area (Å²) in [6, 6.07) is 8.58. The zero-order chi connectivity index (χ0) is 14.7. The molecule has 1 aromatic carbocycles. The third-order valence-electron chi connectivity index (χ3n) is 4.83. The number of ether oxygens (including phenoxy) is 1. The normalized spacial score (nSPS) is 20.0. The molecule has 0 saturated heterocycles. The number of hydrogen-bond donors (Lipinski definition) is 2. The second kappa shape index (κ2) is 5.96. The van der Waals surface area contributed by atoms with Crippen molar-refractivity contribution in [2.24, 2.45) is 0 Å².